The Bertz CT molecular complexity index is 574. The highest BCUT2D eigenvalue weighted by Gasteiger charge is 2.22. The topological polar surface area (TPSA) is 60.7 Å². The van der Waals surface area contributed by atoms with Crippen molar-refractivity contribution in [1.82, 2.24) is 19.7 Å². The zero-order chi connectivity index (χ0) is 13.3. The van der Waals surface area contributed by atoms with Crippen molar-refractivity contribution in [2.45, 2.75) is 26.8 Å². The third-order valence-electron chi connectivity index (χ3n) is 2.44. The summed E-state index contributed by atoms with van der Waals surface area (Å²) in [7, 11) is 0. The Morgan fingerprint density at radius 2 is 1.89 bits per heavy atom. The molecule has 0 spiro atoms. The van der Waals surface area contributed by atoms with Gasteiger partial charge in [-0.2, -0.15) is 5.10 Å². The van der Waals surface area contributed by atoms with Crippen molar-refractivity contribution in [2.75, 3.05) is 0 Å². The van der Waals surface area contributed by atoms with E-state index in [0.29, 0.717) is 10.2 Å². The first-order valence-corrected chi connectivity index (χ1v) is 6.36. The van der Waals surface area contributed by atoms with E-state index in [-0.39, 0.29) is 17.6 Å². The van der Waals surface area contributed by atoms with Crippen LogP contribution in [0.5, 0.6) is 0 Å². The molecule has 0 fully saturated rings. The Kier molecular flexibility index (Phi) is 3.56. The van der Waals surface area contributed by atoms with Crippen molar-refractivity contribution >= 4 is 21.7 Å². The van der Waals surface area contributed by atoms with Crippen LogP contribution in [-0.2, 0) is 0 Å². The van der Waals surface area contributed by atoms with Crippen molar-refractivity contribution < 1.29 is 4.79 Å². The lowest BCUT2D eigenvalue weighted by molar-refractivity contribution is 0.101. The second-order valence-electron chi connectivity index (χ2n) is 4.29. The number of ketones is 1. The van der Waals surface area contributed by atoms with Crippen LogP contribution in [0.1, 0.15) is 41.8 Å². The standard InChI is InChI=1S/C12H13BrN4O/c1-7(2)17-10(9(13)6-16-17)11(18)12-14-4-8(3)5-15-12/h4-7H,1-3H3. The van der Waals surface area contributed by atoms with Gasteiger partial charge in [0, 0.05) is 18.4 Å². The molecule has 0 aliphatic heterocycles. The van der Waals surface area contributed by atoms with E-state index in [9.17, 15) is 4.79 Å². The molecule has 0 aliphatic rings. The molecule has 2 aromatic rings. The van der Waals surface area contributed by atoms with Gasteiger partial charge in [-0.25, -0.2) is 9.97 Å². The Balaban J connectivity index is 2.45. The summed E-state index contributed by atoms with van der Waals surface area (Å²) in [5.74, 6) is -0.0447. The molecule has 0 amide bonds. The molecule has 2 rings (SSSR count). The summed E-state index contributed by atoms with van der Waals surface area (Å²) in [5.41, 5.74) is 1.40. The van der Waals surface area contributed by atoms with Crippen molar-refractivity contribution in [3.63, 3.8) is 0 Å². The highest BCUT2D eigenvalue weighted by Crippen LogP contribution is 2.21. The van der Waals surface area contributed by atoms with E-state index in [0.717, 1.165) is 5.56 Å². The molecule has 18 heavy (non-hydrogen) atoms. The van der Waals surface area contributed by atoms with Gasteiger partial charge in [-0.05, 0) is 42.3 Å². The summed E-state index contributed by atoms with van der Waals surface area (Å²) >= 11 is 3.34. The minimum absolute atomic E-state index is 0.0979. The van der Waals surface area contributed by atoms with Crippen molar-refractivity contribution in [1.29, 1.82) is 0 Å². The lowest BCUT2D eigenvalue weighted by Gasteiger charge is -2.09. The molecule has 0 radical (unpaired) electrons. The SMILES string of the molecule is Cc1cnc(C(=O)c2c(Br)cnn2C(C)C)nc1. The van der Waals surface area contributed by atoms with Crippen molar-refractivity contribution in [3.8, 4) is 0 Å². The Morgan fingerprint density at radius 1 is 1.28 bits per heavy atom. The number of carbonyl (C=O) groups is 1. The fraction of sp³-hybridized carbons (Fsp3) is 0.333. The maximum absolute atomic E-state index is 12.3. The summed E-state index contributed by atoms with van der Waals surface area (Å²) in [6.07, 6.45) is 4.87. The number of hydrogen-bond acceptors (Lipinski definition) is 4. The smallest absolute Gasteiger partial charge is 0.249 e. The van der Waals surface area contributed by atoms with Gasteiger partial charge in [0.05, 0.1) is 10.7 Å². The summed E-state index contributed by atoms with van der Waals surface area (Å²) in [5, 5.41) is 4.17. The number of carbonyl (C=O) groups excluding carboxylic acids is 1. The van der Waals surface area contributed by atoms with Crippen molar-refractivity contribution in [2.24, 2.45) is 0 Å². The molecular weight excluding hydrogens is 296 g/mol. The summed E-state index contributed by atoms with van der Waals surface area (Å²) in [4.78, 5) is 20.5. The molecule has 2 aromatic heterocycles. The fourth-order valence-electron chi connectivity index (χ4n) is 1.56. The third kappa shape index (κ3) is 2.33. The summed E-state index contributed by atoms with van der Waals surface area (Å²) in [6, 6.07) is 0.0979. The van der Waals surface area contributed by atoms with Gasteiger partial charge in [0.1, 0.15) is 5.69 Å². The van der Waals surface area contributed by atoms with Gasteiger partial charge >= 0.3 is 0 Å². The van der Waals surface area contributed by atoms with Gasteiger partial charge in [-0.1, -0.05) is 0 Å². The lowest BCUT2D eigenvalue weighted by atomic mass is 10.2. The van der Waals surface area contributed by atoms with Crippen LogP contribution in [0, 0.1) is 6.92 Å². The molecule has 5 nitrogen and oxygen atoms in total. The lowest BCUT2D eigenvalue weighted by Crippen LogP contribution is -2.16. The highest BCUT2D eigenvalue weighted by molar-refractivity contribution is 9.10. The normalized spacial score (nSPS) is 10.9. The molecule has 0 aromatic carbocycles. The number of hydrogen-bond donors (Lipinski definition) is 0. The van der Waals surface area contributed by atoms with Crippen molar-refractivity contribution in [3.05, 3.63) is 40.1 Å². The van der Waals surface area contributed by atoms with Gasteiger partial charge in [0.25, 0.3) is 0 Å². The van der Waals surface area contributed by atoms with Crippen LogP contribution in [0.2, 0.25) is 0 Å². The Morgan fingerprint density at radius 3 is 2.44 bits per heavy atom. The van der Waals surface area contributed by atoms with Crippen LogP contribution >= 0.6 is 15.9 Å². The molecule has 0 bridgehead atoms. The van der Waals surface area contributed by atoms with Crippen LogP contribution < -0.4 is 0 Å². The quantitative estimate of drug-likeness (QED) is 0.818. The van der Waals surface area contributed by atoms with Gasteiger partial charge in [0.15, 0.2) is 0 Å². The molecule has 2 heterocycles. The molecule has 0 N–H and O–H groups in total. The first-order valence-electron chi connectivity index (χ1n) is 5.57. The predicted octanol–water partition coefficient (Wildman–Crippen LogP) is 2.56. The average molecular weight is 309 g/mol. The maximum atomic E-state index is 12.3. The minimum Gasteiger partial charge on any atom is -0.283 e. The first kappa shape index (κ1) is 12.9. The largest absolute Gasteiger partial charge is 0.283 e. The zero-order valence-electron chi connectivity index (χ0n) is 10.4. The first-order chi connectivity index (χ1) is 8.50. The molecule has 0 saturated heterocycles. The third-order valence-corrected chi connectivity index (χ3v) is 3.02. The number of rotatable bonds is 3. The molecule has 0 unspecified atom stereocenters. The van der Waals surface area contributed by atoms with Crippen LogP contribution in [0.3, 0.4) is 0 Å². The predicted molar refractivity (Wildman–Crippen MR) is 70.5 cm³/mol. The molecule has 0 saturated carbocycles. The van der Waals surface area contributed by atoms with Gasteiger partial charge in [0.2, 0.25) is 11.6 Å². The maximum Gasteiger partial charge on any atom is 0.249 e. The molecule has 0 aliphatic carbocycles. The Hall–Kier alpha value is -1.56. The van der Waals surface area contributed by atoms with Gasteiger partial charge < -0.3 is 0 Å². The average Bonchev–Trinajstić information content (AvgIpc) is 2.71. The number of nitrogens with zero attached hydrogens (tertiary/aromatic N) is 4. The van der Waals surface area contributed by atoms with E-state index in [1.807, 2.05) is 20.8 Å². The minimum atomic E-state index is -0.229. The number of halogens is 1. The number of aryl methyl sites for hydroxylation is 1. The van der Waals surface area contributed by atoms with Crippen LogP contribution in [0.4, 0.5) is 0 Å². The molecule has 94 valence electrons. The van der Waals surface area contributed by atoms with E-state index in [1.54, 1.807) is 23.3 Å². The van der Waals surface area contributed by atoms with E-state index in [1.165, 1.54) is 0 Å². The van der Waals surface area contributed by atoms with E-state index < -0.39 is 0 Å². The van der Waals surface area contributed by atoms with Gasteiger partial charge in [-0.15, -0.1) is 0 Å². The fourth-order valence-corrected chi connectivity index (χ4v) is 2.01. The second kappa shape index (κ2) is 4.97. The second-order valence-corrected chi connectivity index (χ2v) is 5.15. The van der Waals surface area contributed by atoms with E-state index in [4.69, 9.17) is 0 Å². The monoisotopic (exact) mass is 308 g/mol. The molecule has 0 atom stereocenters. The molecular formula is C12H13BrN4O. The molecule has 6 heteroatoms. The van der Waals surface area contributed by atoms with Gasteiger partial charge in [-0.3, -0.25) is 9.48 Å². The van der Waals surface area contributed by atoms with E-state index >= 15 is 0 Å². The van der Waals surface area contributed by atoms with Crippen LogP contribution in [0.25, 0.3) is 0 Å². The van der Waals surface area contributed by atoms with E-state index in [2.05, 4.69) is 31.0 Å². The zero-order valence-corrected chi connectivity index (χ0v) is 12.0. The van der Waals surface area contributed by atoms with Crippen LogP contribution in [-0.4, -0.2) is 25.5 Å². The summed E-state index contributed by atoms with van der Waals surface area (Å²) < 4.78 is 2.32. The van der Waals surface area contributed by atoms with Crippen LogP contribution in [0.15, 0.2) is 23.1 Å². The Labute approximate surface area is 113 Å². The number of aromatic nitrogens is 4. The highest BCUT2D eigenvalue weighted by atomic mass is 79.9. The summed E-state index contributed by atoms with van der Waals surface area (Å²) in [6.45, 7) is 5.81.